The molecule has 1 atom stereocenters. The SMILES string of the molecule is COc1cccc(OC[C@H](O)CN(C)Cc2ccc(OCCn3nc(C)cc3C)cc2)c1. The summed E-state index contributed by atoms with van der Waals surface area (Å²) >= 11 is 0. The maximum atomic E-state index is 10.3. The van der Waals surface area contributed by atoms with E-state index in [2.05, 4.69) is 16.1 Å². The van der Waals surface area contributed by atoms with E-state index >= 15 is 0 Å². The minimum atomic E-state index is -0.594. The number of ether oxygens (including phenoxy) is 3. The van der Waals surface area contributed by atoms with Crippen molar-refractivity contribution in [2.24, 2.45) is 0 Å². The van der Waals surface area contributed by atoms with Gasteiger partial charge in [0.05, 0.1) is 19.3 Å². The first-order valence-corrected chi connectivity index (χ1v) is 10.8. The Morgan fingerprint density at radius 2 is 1.75 bits per heavy atom. The lowest BCUT2D eigenvalue weighted by molar-refractivity contribution is 0.0743. The first kappa shape index (κ1) is 23.6. The summed E-state index contributed by atoms with van der Waals surface area (Å²) in [6.45, 7) is 6.78. The molecule has 1 heterocycles. The summed E-state index contributed by atoms with van der Waals surface area (Å²) in [5.41, 5.74) is 3.31. The Morgan fingerprint density at radius 1 is 1.00 bits per heavy atom. The van der Waals surface area contributed by atoms with Crippen molar-refractivity contribution in [1.82, 2.24) is 14.7 Å². The number of rotatable bonds is 12. The molecule has 0 radical (unpaired) electrons. The van der Waals surface area contributed by atoms with E-state index in [9.17, 15) is 5.11 Å². The van der Waals surface area contributed by atoms with Gasteiger partial charge in [0.15, 0.2) is 0 Å². The highest BCUT2D eigenvalue weighted by molar-refractivity contribution is 5.32. The summed E-state index contributed by atoms with van der Waals surface area (Å²) in [5.74, 6) is 2.25. The average Bonchev–Trinajstić information content (AvgIpc) is 3.10. The molecule has 0 unspecified atom stereocenters. The lowest BCUT2D eigenvalue weighted by Gasteiger charge is -2.21. The van der Waals surface area contributed by atoms with Gasteiger partial charge in [0, 0.05) is 24.8 Å². The van der Waals surface area contributed by atoms with Crippen molar-refractivity contribution < 1.29 is 19.3 Å². The molecule has 0 amide bonds. The number of aryl methyl sites for hydroxylation is 2. The molecule has 32 heavy (non-hydrogen) atoms. The smallest absolute Gasteiger partial charge is 0.123 e. The van der Waals surface area contributed by atoms with Crippen LogP contribution in [0, 0.1) is 13.8 Å². The van der Waals surface area contributed by atoms with Gasteiger partial charge in [-0.1, -0.05) is 18.2 Å². The van der Waals surface area contributed by atoms with E-state index in [1.807, 2.05) is 68.0 Å². The van der Waals surface area contributed by atoms with Gasteiger partial charge < -0.3 is 19.3 Å². The lowest BCUT2D eigenvalue weighted by Crippen LogP contribution is -2.32. The molecule has 0 aliphatic heterocycles. The van der Waals surface area contributed by atoms with Crippen molar-refractivity contribution in [3.05, 3.63) is 71.5 Å². The highest BCUT2D eigenvalue weighted by Crippen LogP contribution is 2.19. The summed E-state index contributed by atoms with van der Waals surface area (Å²) in [5, 5.41) is 14.8. The number of benzene rings is 2. The maximum Gasteiger partial charge on any atom is 0.123 e. The van der Waals surface area contributed by atoms with Crippen molar-refractivity contribution in [3.63, 3.8) is 0 Å². The average molecular weight is 440 g/mol. The van der Waals surface area contributed by atoms with E-state index in [1.165, 1.54) is 0 Å². The predicted octanol–water partition coefficient (Wildman–Crippen LogP) is 3.46. The predicted molar refractivity (Wildman–Crippen MR) is 124 cm³/mol. The third-order valence-corrected chi connectivity index (χ3v) is 5.06. The van der Waals surface area contributed by atoms with Crippen LogP contribution in [0.4, 0.5) is 0 Å². The van der Waals surface area contributed by atoms with Gasteiger partial charge >= 0.3 is 0 Å². The zero-order valence-electron chi connectivity index (χ0n) is 19.3. The molecule has 0 saturated carbocycles. The highest BCUT2D eigenvalue weighted by atomic mass is 16.5. The standard InChI is InChI=1S/C25H33N3O4/c1-19-14-20(2)28(26-19)12-13-31-23-10-8-21(9-11-23)16-27(3)17-22(29)18-32-25-7-5-6-24(15-25)30-4/h5-11,14-15,22,29H,12-13,16-18H2,1-4H3/t22-/m1/s1. The fourth-order valence-electron chi connectivity index (χ4n) is 3.51. The molecule has 1 aromatic heterocycles. The third kappa shape index (κ3) is 7.28. The molecule has 2 aromatic carbocycles. The Labute approximate surface area is 190 Å². The topological polar surface area (TPSA) is 69.0 Å². The molecular weight excluding hydrogens is 406 g/mol. The summed E-state index contributed by atoms with van der Waals surface area (Å²) < 4.78 is 18.7. The number of hydrogen-bond donors (Lipinski definition) is 1. The van der Waals surface area contributed by atoms with Crippen LogP contribution in [0.2, 0.25) is 0 Å². The molecule has 0 saturated heterocycles. The number of aliphatic hydroxyl groups is 1. The Morgan fingerprint density at radius 3 is 2.44 bits per heavy atom. The highest BCUT2D eigenvalue weighted by Gasteiger charge is 2.10. The lowest BCUT2D eigenvalue weighted by atomic mass is 10.2. The van der Waals surface area contributed by atoms with Crippen LogP contribution in [0.1, 0.15) is 17.0 Å². The fourth-order valence-corrected chi connectivity index (χ4v) is 3.51. The zero-order valence-corrected chi connectivity index (χ0v) is 19.3. The molecule has 3 rings (SSSR count). The van der Waals surface area contributed by atoms with Crippen molar-refractivity contribution in [2.75, 3.05) is 33.9 Å². The number of hydrogen-bond acceptors (Lipinski definition) is 6. The minimum absolute atomic E-state index is 0.222. The van der Waals surface area contributed by atoms with Crippen LogP contribution in [0.25, 0.3) is 0 Å². The minimum Gasteiger partial charge on any atom is -0.497 e. The zero-order chi connectivity index (χ0) is 22.9. The molecule has 172 valence electrons. The van der Waals surface area contributed by atoms with Gasteiger partial charge in [-0.15, -0.1) is 0 Å². The van der Waals surface area contributed by atoms with E-state index in [0.717, 1.165) is 41.5 Å². The fraction of sp³-hybridized carbons (Fsp3) is 0.400. The van der Waals surface area contributed by atoms with E-state index in [-0.39, 0.29) is 6.61 Å². The van der Waals surface area contributed by atoms with Gasteiger partial charge in [-0.25, -0.2) is 0 Å². The van der Waals surface area contributed by atoms with E-state index in [1.54, 1.807) is 13.2 Å². The maximum absolute atomic E-state index is 10.3. The Bertz CT molecular complexity index is 972. The van der Waals surface area contributed by atoms with Gasteiger partial charge in [0.2, 0.25) is 0 Å². The molecule has 0 aliphatic rings. The van der Waals surface area contributed by atoms with Gasteiger partial charge in [-0.3, -0.25) is 9.58 Å². The Kier molecular flexibility index (Phi) is 8.53. The molecule has 7 nitrogen and oxygen atoms in total. The summed E-state index contributed by atoms with van der Waals surface area (Å²) in [7, 11) is 3.60. The van der Waals surface area contributed by atoms with Gasteiger partial charge in [-0.05, 0) is 56.8 Å². The third-order valence-electron chi connectivity index (χ3n) is 5.06. The Hall–Kier alpha value is -3.03. The van der Waals surface area contributed by atoms with Crippen LogP contribution in [0.5, 0.6) is 17.2 Å². The van der Waals surface area contributed by atoms with Crippen LogP contribution in [-0.4, -0.2) is 59.8 Å². The largest absolute Gasteiger partial charge is 0.497 e. The molecule has 0 spiro atoms. The van der Waals surface area contributed by atoms with Gasteiger partial charge in [-0.2, -0.15) is 5.10 Å². The monoisotopic (exact) mass is 439 g/mol. The molecule has 3 aromatic rings. The van der Waals surface area contributed by atoms with E-state index in [4.69, 9.17) is 14.2 Å². The van der Waals surface area contributed by atoms with Crippen molar-refractivity contribution in [2.45, 2.75) is 33.0 Å². The van der Waals surface area contributed by atoms with Crippen LogP contribution in [0.3, 0.4) is 0 Å². The number of methoxy groups -OCH3 is 1. The molecule has 1 N–H and O–H groups in total. The van der Waals surface area contributed by atoms with E-state index in [0.29, 0.717) is 18.9 Å². The first-order chi connectivity index (χ1) is 15.4. The Balaban J connectivity index is 1.38. The number of nitrogens with zero attached hydrogens (tertiary/aromatic N) is 3. The second kappa shape index (κ2) is 11.5. The van der Waals surface area contributed by atoms with Gasteiger partial charge in [0.25, 0.3) is 0 Å². The van der Waals surface area contributed by atoms with Crippen LogP contribution in [0.15, 0.2) is 54.6 Å². The molecule has 0 aliphatic carbocycles. The number of likely N-dealkylation sites (N-methyl/N-ethyl adjacent to an activating group) is 1. The quantitative estimate of drug-likeness (QED) is 0.466. The van der Waals surface area contributed by atoms with Crippen LogP contribution < -0.4 is 14.2 Å². The van der Waals surface area contributed by atoms with E-state index < -0.39 is 6.10 Å². The molecule has 0 fully saturated rings. The number of aromatic nitrogens is 2. The summed E-state index contributed by atoms with van der Waals surface area (Å²) in [4.78, 5) is 2.07. The second-order valence-corrected chi connectivity index (χ2v) is 7.98. The summed E-state index contributed by atoms with van der Waals surface area (Å²) in [6, 6.07) is 17.5. The van der Waals surface area contributed by atoms with Gasteiger partial charge in [0.1, 0.15) is 36.6 Å². The molecule has 7 heteroatoms. The molecular formula is C25H33N3O4. The van der Waals surface area contributed by atoms with Crippen LogP contribution >= 0.6 is 0 Å². The summed E-state index contributed by atoms with van der Waals surface area (Å²) in [6.07, 6.45) is -0.594. The van der Waals surface area contributed by atoms with Crippen LogP contribution in [-0.2, 0) is 13.1 Å². The first-order valence-electron chi connectivity index (χ1n) is 10.8. The number of aliphatic hydroxyl groups excluding tert-OH is 1. The second-order valence-electron chi connectivity index (χ2n) is 7.98. The van der Waals surface area contributed by atoms with Crippen molar-refractivity contribution in [3.8, 4) is 17.2 Å². The molecule has 0 bridgehead atoms. The van der Waals surface area contributed by atoms with Crippen molar-refractivity contribution >= 4 is 0 Å². The normalized spacial score (nSPS) is 12.1. The van der Waals surface area contributed by atoms with Crippen molar-refractivity contribution in [1.29, 1.82) is 0 Å².